The van der Waals surface area contributed by atoms with E-state index < -0.39 is 11.9 Å². The van der Waals surface area contributed by atoms with Crippen LogP contribution in [0.4, 0.5) is 0 Å². The van der Waals surface area contributed by atoms with E-state index in [4.69, 9.17) is 0 Å². The molecule has 1 unspecified atom stereocenters. The summed E-state index contributed by atoms with van der Waals surface area (Å²) >= 11 is 0. The summed E-state index contributed by atoms with van der Waals surface area (Å²) in [6.45, 7) is 2.49. The summed E-state index contributed by atoms with van der Waals surface area (Å²) in [6, 6.07) is 17.5. The molecular formula is C18H17NO2. The molecule has 0 aliphatic rings. The van der Waals surface area contributed by atoms with Gasteiger partial charge in [-0.3, -0.25) is 4.79 Å². The lowest BCUT2D eigenvalue weighted by Gasteiger charge is -2.14. The van der Waals surface area contributed by atoms with Crippen molar-refractivity contribution < 1.29 is 9.90 Å². The molecule has 3 rings (SSSR count). The zero-order valence-electron chi connectivity index (χ0n) is 11.9. The van der Waals surface area contributed by atoms with E-state index in [2.05, 4.69) is 13.0 Å². The quantitative estimate of drug-likeness (QED) is 0.789. The Hall–Kier alpha value is -2.55. The van der Waals surface area contributed by atoms with Crippen LogP contribution in [-0.2, 0) is 11.3 Å². The second-order valence-electron chi connectivity index (χ2n) is 5.28. The monoisotopic (exact) mass is 279 g/mol. The van der Waals surface area contributed by atoms with Gasteiger partial charge in [-0.1, -0.05) is 48.5 Å². The van der Waals surface area contributed by atoms with Crippen LogP contribution in [-0.4, -0.2) is 15.6 Å². The maximum atomic E-state index is 11.6. The molecule has 0 spiro atoms. The Morgan fingerprint density at radius 1 is 1.10 bits per heavy atom. The van der Waals surface area contributed by atoms with Crippen molar-refractivity contribution in [3.05, 3.63) is 71.9 Å². The normalized spacial score (nSPS) is 12.4. The lowest BCUT2D eigenvalue weighted by atomic mass is 9.99. The molecule has 0 fully saturated rings. The van der Waals surface area contributed by atoms with E-state index in [0.29, 0.717) is 6.54 Å². The van der Waals surface area contributed by atoms with Crippen LogP contribution in [0.1, 0.15) is 17.0 Å². The first-order chi connectivity index (χ1) is 10.2. The molecule has 0 saturated heterocycles. The number of carboxylic acids is 1. The third-order valence-corrected chi connectivity index (χ3v) is 3.87. The van der Waals surface area contributed by atoms with E-state index in [1.807, 2.05) is 59.3 Å². The number of carbonyl (C=O) groups is 1. The topological polar surface area (TPSA) is 42.2 Å². The number of benzene rings is 2. The third-order valence-electron chi connectivity index (χ3n) is 3.87. The summed E-state index contributed by atoms with van der Waals surface area (Å²) in [7, 11) is 0. The molecular weight excluding hydrogens is 262 g/mol. The lowest BCUT2D eigenvalue weighted by molar-refractivity contribution is -0.139. The molecule has 3 heteroatoms. The van der Waals surface area contributed by atoms with E-state index in [1.54, 1.807) is 0 Å². The van der Waals surface area contributed by atoms with Crippen LogP contribution in [0.25, 0.3) is 10.9 Å². The minimum Gasteiger partial charge on any atom is -0.481 e. The second-order valence-corrected chi connectivity index (χ2v) is 5.28. The van der Waals surface area contributed by atoms with E-state index in [0.717, 1.165) is 11.1 Å². The van der Waals surface area contributed by atoms with Crippen LogP contribution < -0.4 is 0 Å². The van der Waals surface area contributed by atoms with Gasteiger partial charge in [0.15, 0.2) is 0 Å². The fourth-order valence-corrected chi connectivity index (χ4v) is 2.79. The van der Waals surface area contributed by atoms with Gasteiger partial charge in [-0.05, 0) is 24.1 Å². The SMILES string of the molecule is Cc1cn(CC(C(=O)O)c2ccccc2)c2ccccc12. The van der Waals surface area contributed by atoms with Gasteiger partial charge in [0.25, 0.3) is 0 Å². The standard InChI is InChI=1S/C18H17NO2/c1-13-11-19(17-10-6-5-9-15(13)17)12-16(18(20)21)14-7-3-2-4-8-14/h2-11,16H,12H2,1H3,(H,20,21). The Kier molecular flexibility index (Phi) is 3.48. The number of nitrogens with zero attached hydrogens (tertiary/aromatic N) is 1. The highest BCUT2D eigenvalue weighted by Gasteiger charge is 2.21. The van der Waals surface area contributed by atoms with Crippen LogP contribution >= 0.6 is 0 Å². The molecule has 3 nitrogen and oxygen atoms in total. The zero-order valence-corrected chi connectivity index (χ0v) is 11.9. The molecule has 106 valence electrons. The Balaban J connectivity index is 2.01. The van der Waals surface area contributed by atoms with Crippen molar-refractivity contribution in [1.82, 2.24) is 4.57 Å². The van der Waals surface area contributed by atoms with E-state index in [-0.39, 0.29) is 0 Å². The second kappa shape index (κ2) is 5.44. The smallest absolute Gasteiger partial charge is 0.312 e. The first-order valence-electron chi connectivity index (χ1n) is 6.99. The highest BCUT2D eigenvalue weighted by Crippen LogP contribution is 2.25. The van der Waals surface area contributed by atoms with E-state index >= 15 is 0 Å². The first kappa shape index (κ1) is 13.4. The number of aliphatic carboxylic acids is 1. The molecule has 0 aliphatic carbocycles. The van der Waals surface area contributed by atoms with Crippen molar-refractivity contribution in [3.63, 3.8) is 0 Å². The highest BCUT2D eigenvalue weighted by atomic mass is 16.4. The molecule has 1 heterocycles. The maximum absolute atomic E-state index is 11.6. The van der Waals surface area contributed by atoms with Crippen LogP contribution in [0.15, 0.2) is 60.8 Å². The maximum Gasteiger partial charge on any atom is 0.312 e. The molecule has 0 saturated carbocycles. The number of hydrogen-bond acceptors (Lipinski definition) is 1. The Morgan fingerprint density at radius 2 is 1.76 bits per heavy atom. The molecule has 21 heavy (non-hydrogen) atoms. The van der Waals surface area contributed by atoms with Gasteiger partial charge in [0, 0.05) is 23.6 Å². The predicted octanol–water partition coefficient (Wildman–Crippen LogP) is 3.82. The number of fused-ring (bicyclic) bond motifs is 1. The first-order valence-corrected chi connectivity index (χ1v) is 6.99. The number of aromatic nitrogens is 1. The van der Waals surface area contributed by atoms with Gasteiger partial charge in [-0.15, -0.1) is 0 Å². The van der Waals surface area contributed by atoms with E-state index in [1.165, 1.54) is 10.9 Å². The van der Waals surface area contributed by atoms with Crippen molar-refractivity contribution in [2.24, 2.45) is 0 Å². The summed E-state index contributed by atoms with van der Waals surface area (Å²) < 4.78 is 2.04. The number of carboxylic acid groups (broad SMARTS) is 1. The molecule has 3 aromatic rings. The molecule has 1 N–H and O–H groups in total. The number of rotatable bonds is 4. The molecule has 0 amide bonds. The van der Waals surface area contributed by atoms with Gasteiger partial charge in [-0.25, -0.2) is 0 Å². The molecule has 1 atom stereocenters. The zero-order chi connectivity index (χ0) is 14.8. The number of para-hydroxylation sites is 1. The van der Waals surface area contributed by atoms with Gasteiger partial charge in [-0.2, -0.15) is 0 Å². The van der Waals surface area contributed by atoms with Gasteiger partial charge in [0.1, 0.15) is 0 Å². The summed E-state index contributed by atoms with van der Waals surface area (Å²) in [5, 5.41) is 10.7. The van der Waals surface area contributed by atoms with Crippen molar-refractivity contribution in [2.75, 3.05) is 0 Å². The summed E-state index contributed by atoms with van der Waals surface area (Å²) in [5.74, 6) is -1.34. The third kappa shape index (κ3) is 2.55. The van der Waals surface area contributed by atoms with Gasteiger partial charge >= 0.3 is 5.97 Å². The lowest BCUT2D eigenvalue weighted by Crippen LogP contribution is -2.17. The van der Waals surface area contributed by atoms with Crippen LogP contribution in [0.3, 0.4) is 0 Å². The number of aryl methyl sites for hydroxylation is 1. The van der Waals surface area contributed by atoms with Gasteiger partial charge < -0.3 is 9.67 Å². The Bertz CT molecular complexity index is 774. The van der Waals surface area contributed by atoms with Crippen molar-refractivity contribution in [3.8, 4) is 0 Å². The van der Waals surface area contributed by atoms with Crippen molar-refractivity contribution in [1.29, 1.82) is 0 Å². The molecule has 0 aliphatic heterocycles. The minimum atomic E-state index is -0.795. The predicted molar refractivity (Wildman–Crippen MR) is 83.5 cm³/mol. The van der Waals surface area contributed by atoms with Crippen LogP contribution in [0.5, 0.6) is 0 Å². The Labute approximate surface area is 123 Å². The fraction of sp³-hybridized carbons (Fsp3) is 0.167. The minimum absolute atomic E-state index is 0.438. The fourth-order valence-electron chi connectivity index (χ4n) is 2.79. The summed E-state index contributed by atoms with van der Waals surface area (Å²) in [5.41, 5.74) is 3.08. The molecule has 0 radical (unpaired) electrons. The molecule has 1 aromatic heterocycles. The van der Waals surface area contributed by atoms with Crippen LogP contribution in [0, 0.1) is 6.92 Å². The van der Waals surface area contributed by atoms with Gasteiger partial charge in [0.2, 0.25) is 0 Å². The van der Waals surface area contributed by atoms with Gasteiger partial charge in [0.05, 0.1) is 5.92 Å². The highest BCUT2D eigenvalue weighted by molar-refractivity contribution is 5.84. The average Bonchev–Trinajstić information content (AvgIpc) is 2.82. The number of hydrogen-bond donors (Lipinski definition) is 1. The van der Waals surface area contributed by atoms with Crippen molar-refractivity contribution in [2.45, 2.75) is 19.4 Å². The van der Waals surface area contributed by atoms with Crippen molar-refractivity contribution >= 4 is 16.9 Å². The summed E-state index contributed by atoms with van der Waals surface area (Å²) in [6.07, 6.45) is 2.03. The molecule has 2 aromatic carbocycles. The summed E-state index contributed by atoms with van der Waals surface area (Å²) in [4.78, 5) is 11.6. The Morgan fingerprint density at radius 3 is 2.48 bits per heavy atom. The van der Waals surface area contributed by atoms with Crippen LogP contribution in [0.2, 0.25) is 0 Å². The van der Waals surface area contributed by atoms with E-state index in [9.17, 15) is 9.90 Å². The average molecular weight is 279 g/mol. The molecule has 0 bridgehead atoms. The largest absolute Gasteiger partial charge is 0.481 e.